The van der Waals surface area contributed by atoms with Crippen LogP contribution in [0.4, 0.5) is 10.1 Å². The predicted octanol–water partition coefficient (Wildman–Crippen LogP) is 3.76. The highest BCUT2D eigenvalue weighted by Gasteiger charge is 2.40. The maximum Gasteiger partial charge on any atom is 0.258 e. The minimum absolute atomic E-state index is 0.0774. The average molecular weight is 393 g/mol. The molecule has 0 unspecified atom stereocenters. The molecule has 1 amide bonds. The number of hydrogen-bond acceptors (Lipinski definition) is 5. The molecule has 0 spiro atoms. The maximum atomic E-state index is 15.0. The largest absolute Gasteiger partial charge is 0.493 e. The number of hydrogen-bond donors (Lipinski definition) is 1. The molecule has 1 aliphatic carbocycles. The van der Waals surface area contributed by atoms with Crippen molar-refractivity contribution >= 4 is 22.5 Å². The van der Waals surface area contributed by atoms with E-state index in [1.165, 1.54) is 13.2 Å². The smallest absolute Gasteiger partial charge is 0.258 e. The Bertz CT molecular complexity index is 1170. The van der Waals surface area contributed by atoms with Crippen molar-refractivity contribution in [2.24, 2.45) is 0 Å². The van der Waals surface area contributed by atoms with Crippen LogP contribution in [0.25, 0.3) is 22.0 Å². The first-order valence-electron chi connectivity index (χ1n) is 9.47. The SMILES string of the molecule is COc1ccc(-c2c(F)ccc3c(N)c4c(nc23)CN(C2CC2)C4=O)cc1OC. The summed E-state index contributed by atoms with van der Waals surface area (Å²) in [6.07, 6.45) is 2.01. The van der Waals surface area contributed by atoms with Crippen LogP contribution < -0.4 is 15.2 Å². The molecule has 0 atom stereocenters. The number of methoxy groups -OCH3 is 2. The Morgan fingerprint density at radius 2 is 1.86 bits per heavy atom. The number of nitrogen functional groups attached to an aromatic ring is 1. The summed E-state index contributed by atoms with van der Waals surface area (Å²) in [4.78, 5) is 19.3. The first-order valence-corrected chi connectivity index (χ1v) is 9.47. The number of rotatable bonds is 4. The van der Waals surface area contributed by atoms with Gasteiger partial charge in [0.15, 0.2) is 11.5 Å². The van der Waals surface area contributed by atoms with Gasteiger partial charge < -0.3 is 20.1 Å². The Balaban J connectivity index is 1.74. The summed E-state index contributed by atoms with van der Waals surface area (Å²) in [6.45, 7) is 0.418. The molecule has 1 aromatic heterocycles. The van der Waals surface area contributed by atoms with Crippen molar-refractivity contribution < 1.29 is 18.7 Å². The summed E-state index contributed by atoms with van der Waals surface area (Å²) in [7, 11) is 3.08. The highest BCUT2D eigenvalue weighted by Crippen LogP contribution is 2.42. The van der Waals surface area contributed by atoms with Gasteiger partial charge in [-0.05, 0) is 42.7 Å². The second kappa shape index (κ2) is 6.34. The molecule has 7 heteroatoms. The van der Waals surface area contributed by atoms with Crippen LogP contribution in [0.3, 0.4) is 0 Å². The van der Waals surface area contributed by atoms with E-state index < -0.39 is 5.82 Å². The van der Waals surface area contributed by atoms with E-state index >= 15 is 0 Å². The van der Waals surface area contributed by atoms with Crippen molar-refractivity contribution in [3.63, 3.8) is 0 Å². The van der Waals surface area contributed by atoms with Crippen molar-refractivity contribution in [2.45, 2.75) is 25.4 Å². The first kappa shape index (κ1) is 17.7. The van der Waals surface area contributed by atoms with E-state index in [0.717, 1.165) is 12.8 Å². The van der Waals surface area contributed by atoms with Gasteiger partial charge in [-0.3, -0.25) is 4.79 Å². The summed E-state index contributed by atoms with van der Waals surface area (Å²) in [5.74, 6) is 0.549. The van der Waals surface area contributed by atoms with Crippen molar-refractivity contribution in [1.82, 2.24) is 9.88 Å². The third-order valence-electron chi connectivity index (χ3n) is 5.68. The average Bonchev–Trinajstić information content (AvgIpc) is 3.51. The van der Waals surface area contributed by atoms with E-state index in [9.17, 15) is 9.18 Å². The number of carbonyl (C=O) groups excluding carboxylic acids is 1. The normalized spacial score (nSPS) is 15.7. The lowest BCUT2D eigenvalue weighted by atomic mass is 9.98. The number of carbonyl (C=O) groups is 1. The molecule has 1 saturated carbocycles. The number of anilines is 1. The number of nitrogens with zero attached hydrogens (tertiary/aromatic N) is 2. The van der Waals surface area contributed by atoms with Crippen molar-refractivity contribution in [3.8, 4) is 22.6 Å². The minimum atomic E-state index is -0.417. The molecule has 2 N–H and O–H groups in total. The second-order valence-corrected chi connectivity index (χ2v) is 7.40. The summed E-state index contributed by atoms with van der Waals surface area (Å²) < 4.78 is 25.6. The second-order valence-electron chi connectivity index (χ2n) is 7.40. The lowest BCUT2D eigenvalue weighted by Gasteiger charge is -2.14. The fourth-order valence-electron chi connectivity index (χ4n) is 4.06. The Kier molecular flexibility index (Phi) is 3.87. The van der Waals surface area contributed by atoms with Gasteiger partial charge in [-0.1, -0.05) is 6.07 Å². The number of pyridine rings is 1. The molecule has 0 bridgehead atoms. The Labute approximate surface area is 167 Å². The molecule has 1 fully saturated rings. The van der Waals surface area contributed by atoms with Gasteiger partial charge in [-0.25, -0.2) is 9.37 Å². The first-order chi connectivity index (χ1) is 14.0. The molecular weight excluding hydrogens is 373 g/mol. The van der Waals surface area contributed by atoms with Crippen LogP contribution in [0.15, 0.2) is 30.3 Å². The number of amides is 1. The monoisotopic (exact) mass is 393 g/mol. The predicted molar refractivity (Wildman–Crippen MR) is 108 cm³/mol. The van der Waals surface area contributed by atoms with Crippen LogP contribution in [0.2, 0.25) is 0 Å². The van der Waals surface area contributed by atoms with E-state index in [2.05, 4.69) is 0 Å². The number of nitrogens with two attached hydrogens (primary N) is 1. The molecular formula is C22H20FN3O3. The van der Waals surface area contributed by atoms with Gasteiger partial charge in [-0.2, -0.15) is 0 Å². The van der Waals surface area contributed by atoms with Gasteiger partial charge >= 0.3 is 0 Å². The zero-order valence-corrected chi connectivity index (χ0v) is 16.2. The number of aromatic nitrogens is 1. The molecule has 3 aromatic rings. The fraction of sp³-hybridized carbons (Fsp3) is 0.273. The van der Waals surface area contributed by atoms with Crippen LogP contribution in [0.5, 0.6) is 11.5 Å². The third kappa shape index (κ3) is 2.61. The van der Waals surface area contributed by atoms with Crippen LogP contribution in [0.1, 0.15) is 28.9 Å². The number of ether oxygens (including phenoxy) is 2. The molecule has 2 aliphatic rings. The van der Waals surface area contributed by atoms with Gasteiger partial charge in [-0.15, -0.1) is 0 Å². The highest BCUT2D eigenvalue weighted by molar-refractivity contribution is 6.11. The van der Waals surface area contributed by atoms with Gasteiger partial charge in [0, 0.05) is 17.0 Å². The topological polar surface area (TPSA) is 77.7 Å². The van der Waals surface area contributed by atoms with Crippen molar-refractivity contribution in [2.75, 3.05) is 20.0 Å². The van der Waals surface area contributed by atoms with Gasteiger partial charge in [0.05, 0.1) is 43.2 Å². The zero-order valence-electron chi connectivity index (χ0n) is 16.2. The summed E-state index contributed by atoms with van der Waals surface area (Å²) >= 11 is 0. The molecule has 2 aromatic carbocycles. The highest BCUT2D eigenvalue weighted by atomic mass is 19.1. The van der Waals surface area contributed by atoms with Crippen molar-refractivity contribution in [1.29, 1.82) is 0 Å². The van der Waals surface area contributed by atoms with E-state index in [1.807, 2.05) is 4.90 Å². The summed E-state index contributed by atoms with van der Waals surface area (Å²) in [5, 5.41) is 0.570. The molecule has 29 heavy (non-hydrogen) atoms. The van der Waals surface area contributed by atoms with Crippen LogP contribution in [0, 0.1) is 5.82 Å². The number of fused-ring (bicyclic) bond motifs is 2. The van der Waals surface area contributed by atoms with E-state index in [1.54, 1.807) is 31.4 Å². The van der Waals surface area contributed by atoms with E-state index in [4.69, 9.17) is 20.2 Å². The zero-order chi connectivity index (χ0) is 20.3. The van der Waals surface area contributed by atoms with Crippen LogP contribution in [-0.4, -0.2) is 36.1 Å². The lowest BCUT2D eigenvalue weighted by molar-refractivity contribution is 0.0767. The van der Waals surface area contributed by atoms with Crippen LogP contribution in [-0.2, 0) is 6.54 Å². The van der Waals surface area contributed by atoms with E-state index in [-0.39, 0.29) is 11.9 Å². The number of benzene rings is 2. The molecule has 1 aliphatic heterocycles. The quantitative estimate of drug-likeness (QED) is 0.730. The molecule has 148 valence electrons. The van der Waals surface area contributed by atoms with Crippen LogP contribution >= 0.6 is 0 Å². The van der Waals surface area contributed by atoms with Gasteiger partial charge in [0.1, 0.15) is 5.82 Å². The summed E-state index contributed by atoms with van der Waals surface area (Å²) in [5.41, 5.74) is 9.18. The maximum absolute atomic E-state index is 15.0. The minimum Gasteiger partial charge on any atom is -0.493 e. The fourth-order valence-corrected chi connectivity index (χ4v) is 4.06. The molecule has 0 radical (unpaired) electrons. The molecule has 6 nitrogen and oxygen atoms in total. The summed E-state index contributed by atoms with van der Waals surface area (Å²) in [6, 6.07) is 8.40. The Hall–Kier alpha value is -3.35. The van der Waals surface area contributed by atoms with Gasteiger partial charge in [0.2, 0.25) is 0 Å². The van der Waals surface area contributed by atoms with Gasteiger partial charge in [0.25, 0.3) is 5.91 Å². The Morgan fingerprint density at radius 1 is 1.10 bits per heavy atom. The lowest BCUT2D eigenvalue weighted by Crippen LogP contribution is -2.26. The standard InChI is InChI=1S/C22H20FN3O3/c1-28-16-8-3-11(9-17(16)29-2)18-14(23)7-6-13-20(24)19-15(25-21(13)18)10-26(22(19)27)12-4-5-12/h3,6-9,12H,4-5,10H2,1-2H3,(H2,24,25). The van der Waals surface area contributed by atoms with E-state index in [0.29, 0.717) is 57.0 Å². The molecule has 5 rings (SSSR count). The number of halogens is 1. The molecule has 2 heterocycles. The molecule has 0 saturated heterocycles. The Morgan fingerprint density at radius 3 is 2.55 bits per heavy atom. The third-order valence-corrected chi connectivity index (χ3v) is 5.68. The van der Waals surface area contributed by atoms with Crippen molar-refractivity contribution in [3.05, 3.63) is 47.4 Å².